The molecule has 0 aliphatic carbocycles. The fourth-order valence-electron chi connectivity index (χ4n) is 2.78. The fraction of sp³-hybridized carbons (Fsp3) is 0.375. The summed E-state index contributed by atoms with van der Waals surface area (Å²) in [7, 11) is -4.28. The Labute approximate surface area is 150 Å². The molecule has 1 aromatic heterocycles. The van der Waals surface area contributed by atoms with E-state index in [-0.39, 0.29) is 13.1 Å². The summed E-state index contributed by atoms with van der Waals surface area (Å²) in [5.74, 6) is -1.75. The van der Waals surface area contributed by atoms with Crippen molar-refractivity contribution in [2.24, 2.45) is 0 Å². The standard InChI is InChI=1S/C16H19F2N5O2S/c17-13-4-3-5-14(18)16(13)26(24,25)21-7-6-19-15-10-12(11-20-22-15)23-8-1-2-9-23/h3-5,10-11,21H,1-2,6-9H2,(H,19,22). The Bertz CT molecular complexity index is 852. The molecule has 1 fully saturated rings. The summed E-state index contributed by atoms with van der Waals surface area (Å²) >= 11 is 0. The summed E-state index contributed by atoms with van der Waals surface area (Å²) in [4.78, 5) is 1.22. The molecule has 1 saturated heterocycles. The third-order valence-electron chi connectivity index (χ3n) is 4.02. The summed E-state index contributed by atoms with van der Waals surface area (Å²) in [6.07, 6.45) is 3.96. The van der Waals surface area contributed by atoms with Crippen molar-refractivity contribution in [3.05, 3.63) is 42.1 Å². The van der Waals surface area contributed by atoms with Crippen molar-refractivity contribution in [1.29, 1.82) is 0 Å². The van der Waals surface area contributed by atoms with Crippen LogP contribution in [0.15, 0.2) is 35.4 Å². The number of anilines is 2. The van der Waals surface area contributed by atoms with Crippen LogP contribution in [0.3, 0.4) is 0 Å². The molecule has 1 aliphatic rings. The predicted octanol–water partition coefficient (Wildman–Crippen LogP) is 1.75. The molecular weight excluding hydrogens is 364 g/mol. The highest BCUT2D eigenvalue weighted by Crippen LogP contribution is 2.21. The number of benzene rings is 1. The van der Waals surface area contributed by atoms with Gasteiger partial charge in [0, 0.05) is 32.2 Å². The number of rotatable bonds is 7. The zero-order chi connectivity index (χ0) is 18.6. The van der Waals surface area contributed by atoms with Crippen molar-refractivity contribution in [3.8, 4) is 0 Å². The summed E-state index contributed by atoms with van der Waals surface area (Å²) in [5.41, 5.74) is 0.953. The molecule has 0 saturated carbocycles. The second kappa shape index (κ2) is 7.92. The van der Waals surface area contributed by atoms with Crippen LogP contribution in [0, 0.1) is 11.6 Å². The predicted molar refractivity (Wildman–Crippen MR) is 93.5 cm³/mol. The number of halogens is 2. The third-order valence-corrected chi connectivity index (χ3v) is 5.53. The van der Waals surface area contributed by atoms with Crippen molar-refractivity contribution in [2.45, 2.75) is 17.7 Å². The second-order valence-corrected chi connectivity index (χ2v) is 7.57. The molecule has 0 unspecified atom stereocenters. The lowest BCUT2D eigenvalue weighted by Gasteiger charge is -2.17. The number of nitrogens with zero attached hydrogens (tertiary/aromatic N) is 3. The molecule has 1 aliphatic heterocycles. The van der Waals surface area contributed by atoms with Crippen LogP contribution in [-0.2, 0) is 10.0 Å². The van der Waals surface area contributed by atoms with Crippen molar-refractivity contribution >= 4 is 21.5 Å². The van der Waals surface area contributed by atoms with Gasteiger partial charge in [-0.1, -0.05) is 6.07 Å². The molecule has 0 bridgehead atoms. The Morgan fingerprint density at radius 1 is 1.12 bits per heavy atom. The van der Waals surface area contributed by atoms with E-state index >= 15 is 0 Å². The van der Waals surface area contributed by atoms with Gasteiger partial charge in [-0.05, 0) is 25.0 Å². The third kappa shape index (κ3) is 4.25. The zero-order valence-electron chi connectivity index (χ0n) is 14.0. The topological polar surface area (TPSA) is 87.2 Å². The highest BCUT2D eigenvalue weighted by molar-refractivity contribution is 7.89. The van der Waals surface area contributed by atoms with E-state index in [2.05, 4.69) is 25.1 Å². The summed E-state index contributed by atoms with van der Waals surface area (Å²) in [6, 6.07) is 4.74. The van der Waals surface area contributed by atoms with Crippen LogP contribution >= 0.6 is 0 Å². The van der Waals surface area contributed by atoms with Crippen molar-refractivity contribution in [1.82, 2.24) is 14.9 Å². The Morgan fingerprint density at radius 2 is 1.81 bits per heavy atom. The minimum atomic E-state index is -4.28. The first-order valence-corrected chi connectivity index (χ1v) is 9.71. The van der Waals surface area contributed by atoms with Crippen LogP contribution < -0.4 is 14.9 Å². The van der Waals surface area contributed by atoms with Gasteiger partial charge < -0.3 is 10.2 Å². The first kappa shape index (κ1) is 18.5. The largest absolute Gasteiger partial charge is 0.370 e. The van der Waals surface area contributed by atoms with Crippen LogP contribution in [-0.4, -0.2) is 44.8 Å². The zero-order valence-corrected chi connectivity index (χ0v) is 14.8. The molecule has 2 heterocycles. The van der Waals surface area contributed by atoms with Gasteiger partial charge in [-0.3, -0.25) is 0 Å². The first-order chi connectivity index (χ1) is 12.5. The highest BCUT2D eigenvalue weighted by Gasteiger charge is 2.23. The highest BCUT2D eigenvalue weighted by atomic mass is 32.2. The number of hydrogen-bond donors (Lipinski definition) is 2. The molecule has 1 aromatic carbocycles. The van der Waals surface area contributed by atoms with Gasteiger partial charge in [0.2, 0.25) is 10.0 Å². The van der Waals surface area contributed by atoms with Crippen molar-refractivity contribution in [2.75, 3.05) is 36.4 Å². The van der Waals surface area contributed by atoms with Gasteiger partial charge in [0.15, 0.2) is 10.7 Å². The van der Waals surface area contributed by atoms with E-state index in [4.69, 9.17) is 0 Å². The van der Waals surface area contributed by atoms with E-state index in [1.165, 1.54) is 0 Å². The summed E-state index contributed by atoms with van der Waals surface area (Å²) in [5, 5.41) is 10.8. The van der Waals surface area contributed by atoms with Gasteiger partial charge in [0.1, 0.15) is 11.6 Å². The smallest absolute Gasteiger partial charge is 0.246 e. The monoisotopic (exact) mass is 383 g/mol. The Balaban J connectivity index is 1.56. The van der Waals surface area contributed by atoms with E-state index < -0.39 is 26.6 Å². The average molecular weight is 383 g/mol. The van der Waals surface area contributed by atoms with Crippen LogP contribution in [0.5, 0.6) is 0 Å². The molecule has 140 valence electrons. The fourth-order valence-corrected chi connectivity index (χ4v) is 3.94. The maximum absolute atomic E-state index is 13.6. The molecule has 2 aromatic rings. The summed E-state index contributed by atoms with van der Waals surface area (Å²) < 4.78 is 53.5. The molecule has 0 atom stereocenters. The molecule has 0 amide bonds. The molecule has 7 nitrogen and oxygen atoms in total. The van der Waals surface area contributed by atoms with Crippen molar-refractivity contribution < 1.29 is 17.2 Å². The molecular formula is C16H19F2N5O2S. The van der Waals surface area contributed by atoms with Gasteiger partial charge >= 0.3 is 0 Å². The number of aromatic nitrogens is 2. The van der Waals surface area contributed by atoms with Crippen LogP contribution in [0.25, 0.3) is 0 Å². The van der Waals surface area contributed by atoms with Gasteiger partial charge in [0.25, 0.3) is 0 Å². The lowest BCUT2D eigenvalue weighted by molar-refractivity contribution is 0.514. The normalized spacial score (nSPS) is 14.6. The number of nitrogens with one attached hydrogen (secondary N) is 2. The lowest BCUT2D eigenvalue weighted by atomic mass is 10.3. The van der Waals surface area contributed by atoms with Crippen LogP contribution in [0.4, 0.5) is 20.3 Å². The van der Waals surface area contributed by atoms with Crippen LogP contribution in [0.1, 0.15) is 12.8 Å². The Kier molecular flexibility index (Phi) is 5.62. The van der Waals surface area contributed by atoms with Gasteiger partial charge in [-0.15, -0.1) is 5.10 Å². The van der Waals surface area contributed by atoms with E-state index in [1.807, 2.05) is 6.07 Å². The number of sulfonamides is 1. The Hall–Kier alpha value is -2.33. The molecule has 0 radical (unpaired) electrons. The van der Waals surface area contributed by atoms with Gasteiger partial charge in [-0.25, -0.2) is 21.9 Å². The second-order valence-electron chi connectivity index (χ2n) is 5.87. The first-order valence-electron chi connectivity index (χ1n) is 8.22. The van der Waals surface area contributed by atoms with E-state index in [0.717, 1.165) is 49.8 Å². The molecule has 0 spiro atoms. The average Bonchev–Trinajstić information content (AvgIpc) is 3.13. The quantitative estimate of drug-likeness (QED) is 0.709. The van der Waals surface area contributed by atoms with Gasteiger partial charge in [-0.2, -0.15) is 5.10 Å². The SMILES string of the molecule is O=S(=O)(NCCNc1cc(N2CCCC2)cnn1)c1c(F)cccc1F. The minimum absolute atomic E-state index is 0.0638. The van der Waals surface area contributed by atoms with Gasteiger partial charge in [0.05, 0.1) is 11.9 Å². The molecule has 10 heteroatoms. The Morgan fingerprint density at radius 3 is 2.50 bits per heavy atom. The van der Waals surface area contributed by atoms with E-state index in [0.29, 0.717) is 5.82 Å². The molecule has 3 rings (SSSR count). The summed E-state index contributed by atoms with van der Waals surface area (Å²) in [6.45, 7) is 2.07. The molecule has 2 N–H and O–H groups in total. The maximum Gasteiger partial charge on any atom is 0.246 e. The van der Waals surface area contributed by atoms with Crippen LogP contribution in [0.2, 0.25) is 0 Å². The minimum Gasteiger partial charge on any atom is -0.370 e. The maximum atomic E-state index is 13.6. The van der Waals surface area contributed by atoms with E-state index in [9.17, 15) is 17.2 Å². The lowest BCUT2D eigenvalue weighted by Crippen LogP contribution is -2.30. The van der Waals surface area contributed by atoms with Crippen molar-refractivity contribution in [3.63, 3.8) is 0 Å². The number of hydrogen-bond acceptors (Lipinski definition) is 6. The molecule has 26 heavy (non-hydrogen) atoms. The van der Waals surface area contributed by atoms with E-state index in [1.54, 1.807) is 6.20 Å².